The Morgan fingerprint density at radius 1 is 1.62 bits per heavy atom. The molecule has 0 aliphatic heterocycles. The van der Waals surface area contributed by atoms with Gasteiger partial charge in [-0.15, -0.1) is 0 Å². The summed E-state index contributed by atoms with van der Waals surface area (Å²) in [5.74, 6) is 5.58. The fourth-order valence-corrected chi connectivity index (χ4v) is 0.785. The van der Waals surface area contributed by atoms with Crippen LogP contribution in [-0.4, -0.2) is 21.7 Å². The Bertz CT molecular complexity index is 356. The van der Waals surface area contributed by atoms with E-state index in [2.05, 4.69) is 21.8 Å². The molecule has 0 aliphatic carbocycles. The highest BCUT2D eigenvalue weighted by molar-refractivity contribution is 6.31. The summed E-state index contributed by atoms with van der Waals surface area (Å²) >= 11 is 5.61. The molecule has 0 spiro atoms. The van der Waals surface area contributed by atoms with E-state index in [0.717, 1.165) is 0 Å². The van der Waals surface area contributed by atoms with Crippen LogP contribution in [0.15, 0.2) is 6.20 Å². The van der Waals surface area contributed by atoms with Crippen LogP contribution in [0.5, 0.6) is 0 Å². The molecule has 13 heavy (non-hydrogen) atoms. The van der Waals surface area contributed by atoms with Gasteiger partial charge >= 0.3 is 0 Å². The summed E-state index contributed by atoms with van der Waals surface area (Å²) in [5, 5.41) is 8.61. The van der Waals surface area contributed by atoms with Gasteiger partial charge in [0.15, 0.2) is 11.0 Å². The van der Waals surface area contributed by atoms with Crippen LogP contribution in [0.3, 0.4) is 0 Å². The number of aromatic nitrogens is 2. The lowest BCUT2D eigenvalue weighted by Crippen LogP contribution is -1.95. The van der Waals surface area contributed by atoms with E-state index in [1.165, 1.54) is 6.20 Å². The van der Waals surface area contributed by atoms with Gasteiger partial charge in [0.25, 0.3) is 0 Å². The summed E-state index contributed by atoms with van der Waals surface area (Å²) in [7, 11) is 0. The molecule has 0 atom stereocenters. The zero-order chi connectivity index (χ0) is 9.68. The second-order valence-corrected chi connectivity index (χ2v) is 2.56. The van der Waals surface area contributed by atoms with Gasteiger partial charge < -0.3 is 10.8 Å². The molecule has 1 heterocycles. The molecule has 0 radical (unpaired) electrons. The molecule has 0 bridgehead atoms. The summed E-state index contributed by atoms with van der Waals surface area (Å²) in [6.45, 7) is 0.0309. The number of halogens is 1. The topological polar surface area (TPSA) is 72.0 Å². The van der Waals surface area contributed by atoms with E-state index in [-0.39, 0.29) is 17.6 Å². The molecule has 0 aromatic carbocycles. The predicted molar refractivity (Wildman–Crippen MR) is 50.0 cm³/mol. The van der Waals surface area contributed by atoms with E-state index in [1.807, 2.05) is 0 Å². The molecule has 0 aliphatic rings. The number of rotatable bonds is 1. The monoisotopic (exact) mass is 197 g/mol. The lowest BCUT2D eigenvalue weighted by atomic mass is 10.4. The van der Waals surface area contributed by atoms with E-state index in [1.54, 1.807) is 0 Å². The molecular formula is C8H8ClN3O. The third-order valence-corrected chi connectivity index (χ3v) is 1.49. The normalized spacial score (nSPS) is 9.08. The first-order valence-corrected chi connectivity index (χ1v) is 3.99. The summed E-state index contributed by atoms with van der Waals surface area (Å²) < 4.78 is 0. The maximum atomic E-state index is 8.46. The summed E-state index contributed by atoms with van der Waals surface area (Å²) in [5.41, 5.74) is 5.80. The van der Waals surface area contributed by atoms with Crippen molar-refractivity contribution in [3.05, 3.63) is 17.0 Å². The average Bonchev–Trinajstić information content (AvgIpc) is 2.12. The van der Waals surface area contributed by atoms with Crippen LogP contribution >= 0.6 is 11.6 Å². The third-order valence-electron chi connectivity index (χ3n) is 1.21. The number of anilines is 1. The SMILES string of the molecule is Nc1ncc(C#CCCO)nc1Cl. The second-order valence-electron chi connectivity index (χ2n) is 2.21. The fraction of sp³-hybridized carbons (Fsp3) is 0.250. The number of aliphatic hydroxyl groups is 1. The molecule has 1 aromatic rings. The zero-order valence-electron chi connectivity index (χ0n) is 6.79. The molecule has 0 saturated heterocycles. The van der Waals surface area contributed by atoms with E-state index in [4.69, 9.17) is 22.4 Å². The first-order valence-electron chi connectivity index (χ1n) is 3.62. The molecule has 0 fully saturated rings. The Morgan fingerprint density at radius 2 is 2.38 bits per heavy atom. The third kappa shape index (κ3) is 2.90. The number of nitrogens with zero attached hydrogens (tertiary/aromatic N) is 2. The van der Waals surface area contributed by atoms with Crippen LogP contribution in [0.25, 0.3) is 0 Å². The van der Waals surface area contributed by atoms with Crippen molar-refractivity contribution in [2.24, 2.45) is 0 Å². The van der Waals surface area contributed by atoms with E-state index >= 15 is 0 Å². The molecular weight excluding hydrogens is 190 g/mol. The van der Waals surface area contributed by atoms with Gasteiger partial charge in [-0.05, 0) is 5.92 Å². The van der Waals surface area contributed by atoms with E-state index in [0.29, 0.717) is 12.1 Å². The molecule has 1 aromatic heterocycles. The summed E-state index contributed by atoms with van der Waals surface area (Å²) in [6, 6.07) is 0. The Labute approximate surface area is 80.8 Å². The van der Waals surface area contributed by atoms with Gasteiger partial charge in [-0.1, -0.05) is 17.5 Å². The molecule has 3 N–H and O–H groups in total. The molecule has 1 rings (SSSR count). The van der Waals surface area contributed by atoms with Gasteiger partial charge in [0, 0.05) is 6.42 Å². The van der Waals surface area contributed by atoms with Crippen molar-refractivity contribution in [3.63, 3.8) is 0 Å². The Kier molecular flexibility index (Phi) is 3.50. The van der Waals surface area contributed by atoms with E-state index in [9.17, 15) is 0 Å². The van der Waals surface area contributed by atoms with Gasteiger partial charge in [-0.3, -0.25) is 0 Å². The van der Waals surface area contributed by atoms with Crippen molar-refractivity contribution < 1.29 is 5.11 Å². The quantitative estimate of drug-likeness (QED) is 0.641. The fourth-order valence-electron chi connectivity index (χ4n) is 0.645. The molecule has 0 unspecified atom stereocenters. The minimum atomic E-state index is 0.0309. The van der Waals surface area contributed by atoms with Crippen LogP contribution < -0.4 is 5.73 Å². The van der Waals surface area contributed by atoms with Gasteiger partial charge in [0.1, 0.15) is 5.69 Å². The first kappa shape index (κ1) is 9.78. The van der Waals surface area contributed by atoms with Gasteiger partial charge in [-0.25, -0.2) is 9.97 Å². The minimum absolute atomic E-state index is 0.0309. The maximum Gasteiger partial charge on any atom is 0.172 e. The molecule has 5 heteroatoms. The summed E-state index contributed by atoms with van der Waals surface area (Å²) in [4.78, 5) is 7.64. The van der Waals surface area contributed by atoms with Crippen molar-refractivity contribution >= 4 is 17.4 Å². The van der Waals surface area contributed by atoms with Crippen molar-refractivity contribution in [2.45, 2.75) is 6.42 Å². The highest BCUT2D eigenvalue weighted by Gasteiger charge is 1.98. The lowest BCUT2D eigenvalue weighted by molar-refractivity contribution is 0.305. The molecule has 68 valence electrons. The average molecular weight is 198 g/mol. The molecule has 4 nitrogen and oxygen atoms in total. The second kappa shape index (κ2) is 4.65. The van der Waals surface area contributed by atoms with Crippen molar-refractivity contribution in [1.82, 2.24) is 9.97 Å². The highest BCUT2D eigenvalue weighted by Crippen LogP contribution is 2.11. The van der Waals surface area contributed by atoms with Gasteiger partial charge in [0.2, 0.25) is 0 Å². The van der Waals surface area contributed by atoms with Gasteiger partial charge in [-0.2, -0.15) is 0 Å². The number of nitrogens with two attached hydrogens (primary N) is 1. The zero-order valence-corrected chi connectivity index (χ0v) is 7.54. The highest BCUT2D eigenvalue weighted by atomic mass is 35.5. The molecule has 0 saturated carbocycles. The predicted octanol–water partition coefficient (Wildman–Crippen LogP) is 0.446. The Hall–Kier alpha value is -1.31. The van der Waals surface area contributed by atoms with Crippen LogP contribution in [0.1, 0.15) is 12.1 Å². The lowest BCUT2D eigenvalue weighted by Gasteiger charge is -1.94. The van der Waals surface area contributed by atoms with Gasteiger partial charge in [0.05, 0.1) is 12.8 Å². The van der Waals surface area contributed by atoms with Crippen molar-refractivity contribution in [3.8, 4) is 11.8 Å². The summed E-state index contributed by atoms with van der Waals surface area (Å²) in [6.07, 6.45) is 1.84. The smallest absolute Gasteiger partial charge is 0.172 e. The van der Waals surface area contributed by atoms with Crippen LogP contribution in [0, 0.1) is 11.8 Å². The first-order chi connectivity index (χ1) is 6.24. The Balaban J connectivity index is 2.81. The van der Waals surface area contributed by atoms with E-state index < -0.39 is 0 Å². The Morgan fingerprint density at radius 3 is 3.00 bits per heavy atom. The maximum absolute atomic E-state index is 8.46. The standard InChI is InChI=1S/C8H8ClN3O/c9-7-8(10)11-5-6(12-7)3-1-2-4-13/h5,13H,2,4H2,(H2,10,11). The number of hydrogen-bond acceptors (Lipinski definition) is 4. The largest absolute Gasteiger partial charge is 0.395 e. The van der Waals surface area contributed by atoms with Crippen molar-refractivity contribution in [2.75, 3.05) is 12.3 Å². The van der Waals surface area contributed by atoms with Crippen LogP contribution in [0.2, 0.25) is 5.15 Å². The number of hydrogen-bond donors (Lipinski definition) is 2. The minimum Gasteiger partial charge on any atom is -0.395 e. The van der Waals surface area contributed by atoms with Crippen molar-refractivity contribution in [1.29, 1.82) is 0 Å². The number of aliphatic hydroxyl groups excluding tert-OH is 1. The molecule has 0 amide bonds. The number of nitrogen functional groups attached to an aromatic ring is 1. The van der Waals surface area contributed by atoms with Crippen LogP contribution in [0.4, 0.5) is 5.82 Å². The van der Waals surface area contributed by atoms with Crippen LogP contribution in [-0.2, 0) is 0 Å².